The number of nitrogens with zero attached hydrogens (tertiary/aromatic N) is 2. The van der Waals surface area contributed by atoms with Crippen LogP contribution >= 0.6 is 0 Å². The van der Waals surface area contributed by atoms with Crippen molar-refractivity contribution in [3.05, 3.63) is 29.8 Å². The molecule has 0 aliphatic carbocycles. The molecule has 0 spiro atoms. The third-order valence-corrected chi connectivity index (χ3v) is 7.24. The van der Waals surface area contributed by atoms with Crippen molar-refractivity contribution in [1.82, 2.24) is 10.2 Å². The number of nitrogens with one attached hydrogen (secondary N) is 1. The van der Waals surface area contributed by atoms with Crippen molar-refractivity contribution < 1.29 is 8.42 Å². The Bertz CT molecular complexity index is 654. The summed E-state index contributed by atoms with van der Waals surface area (Å²) in [5, 5.41) is 3.49. The summed E-state index contributed by atoms with van der Waals surface area (Å²) >= 11 is 0. The van der Waals surface area contributed by atoms with Crippen molar-refractivity contribution in [3.63, 3.8) is 0 Å². The molecule has 0 saturated carbocycles. The molecule has 1 aromatic carbocycles. The van der Waals surface area contributed by atoms with Gasteiger partial charge in [-0.1, -0.05) is 32.0 Å². The van der Waals surface area contributed by atoms with Crippen LogP contribution in [0.3, 0.4) is 0 Å². The zero-order valence-corrected chi connectivity index (χ0v) is 15.6. The average Bonchev–Trinajstić information content (AvgIpc) is 2.85. The summed E-state index contributed by atoms with van der Waals surface area (Å²) in [6.07, 6.45) is 0. The summed E-state index contributed by atoms with van der Waals surface area (Å²) in [7, 11) is -2.87. The molecule has 134 valence electrons. The van der Waals surface area contributed by atoms with Gasteiger partial charge in [-0.05, 0) is 24.1 Å². The van der Waals surface area contributed by atoms with Gasteiger partial charge in [0.1, 0.15) is 0 Å². The molecule has 3 rings (SSSR count). The Hall–Kier alpha value is -1.11. The first kappa shape index (κ1) is 17.7. The van der Waals surface area contributed by atoms with E-state index in [0.717, 1.165) is 39.3 Å². The van der Waals surface area contributed by atoms with Gasteiger partial charge in [0, 0.05) is 44.5 Å². The number of sulfone groups is 1. The zero-order valence-electron chi connectivity index (χ0n) is 14.7. The maximum atomic E-state index is 11.8. The third kappa shape index (κ3) is 4.10. The van der Waals surface area contributed by atoms with Gasteiger partial charge in [0.05, 0.1) is 11.5 Å². The summed E-state index contributed by atoms with van der Waals surface area (Å²) in [5.74, 6) is 0.770. The van der Waals surface area contributed by atoms with Gasteiger partial charge in [-0.25, -0.2) is 8.42 Å². The number of benzene rings is 1. The molecule has 2 heterocycles. The molecule has 6 heteroatoms. The number of piperazine rings is 1. The van der Waals surface area contributed by atoms with Crippen molar-refractivity contribution in [2.75, 3.05) is 49.1 Å². The minimum atomic E-state index is -2.87. The second kappa shape index (κ2) is 7.42. The Morgan fingerprint density at radius 3 is 2.46 bits per heavy atom. The summed E-state index contributed by atoms with van der Waals surface area (Å²) < 4.78 is 23.6. The lowest BCUT2D eigenvalue weighted by molar-refractivity contribution is 0.271. The van der Waals surface area contributed by atoms with E-state index in [4.69, 9.17) is 0 Å². The Kier molecular flexibility index (Phi) is 5.47. The summed E-state index contributed by atoms with van der Waals surface area (Å²) in [4.78, 5) is 4.93. The first-order valence-corrected chi connectivity index (χ1v) is 10.8. The molecule has 1 aromatic rings. The van der Waals surface area contributed by atoms with E-state index >= 15 is 0 Å². The Balaban J connectivity index is 1.65. The number of anilines is 1. The van der Waals surface area contributed by atoms with Gasteiger partial charge < -0.3 is 15.1 Å². The molecule has 2 saturated heterocycles. The van der Waals surface area contributed by atoms with Gasteiger partial charge in [-0.2, -0.15) is 0 Å². The molecule has 0 bridgehead atoms. The fourth-order valence-corrected chi connectivity index (χ4v) is 5.96. The van der Waals surface area contributed by atoms with Crippen molar-refractivity contribution in [2.24, 2.45) is 5.92 Å². The van der Waals surface area contributed by atoms with Crippen molar-refractivity contribution in [2.45, 2.75) is 26.4 Å². The number of rotatable bonds is 5. The molecule has 2 fully saturated rings. The summed E-state index contributed by atoms with van der Waals surface area (Å²) in [6, 6.07) is 8.57. The molecule has 2 atom stereocenters. The highest BCUT2D eigenvalue weighted by molar-refractivity contribution is 7.91. The lowest BCUT2D eigenvalue weighted by Gasteiger charge is -2.36. The highest BCUT2D eigenvalue weighted by atomic mass is 32.2. The molecule has 0 aromatic heterocycles. The first-order chi connectivity index (χ1) is 11.5. The van der Waals surface area contributed by atoms with Gasteiger partial charge in [0.15, 0.2) is 9.84 Å². The highest BCUT2D eigenvalue weighted by Gasteiger charge is 2.34. The lowest BCUT2D eigenvalue weighted by atomic mass is 10.1. The number of hydrogen-bond acceptors (Lipinski definition) is 5. The minimum absolute atomic E-state index is 0.0694. The van der Waals surface area contributed by atoms with Crippen LogP contribution in [0.4, 0.5) is 5.69 Å². The smallest absolute Gasteiger partial charge is 0.152 e. The summed E-state index contributed by atoms with van der Waals surface area (Å²) in [5.41, 5.74) is 2.55. The molecule has 2 aliphatic rings. The molecule has 5 nitrogen and oxygen atoms in total. The van der Waals surface area contributed by atoms with Crippen molar-refractivity contribution in [1.29, 1.82) is 0 Å². The lowest BCUT2D eigenvalue weighted by Crippen LogP contribution is -2.46. The third-order valence-electron chi connectivity index (χ3n) is 5.34. The monoisotopic (exact) mass is 351 g/mol. The number of hydrogen-bond donors (Lipinski definition) is 1. The quantitative estimate of drug-likeness (QED) is 0.868. The molecular formula is C18H29N3O2S. The van der Waals surface area contributed by atoms with Crippen LogP contribution < -0.4 is 10.2 Å². The average molecular weight is 352 g/mol. The highest BCUT2D eigenvalue weighted by Crippen LogP contribution is 2.24. The van der Waals surface area contributed by atoms with Gasteiger partial charge >= 0.3 is 0 Å². The van der Waals surface area contributed by atoms with E-state index in [1.54, 1.807) is 0 Å². The predicted molar refractivity (Wildman–Crippen MR) is 99.2 cm³/mol. The standard InChI is InChI=1S/C18H29N3O2S/c1-3-20-8-10-21(11-9-20)18-7-5-4-6-16(18)12-19-17-14-24(22,23)13-15(17)2/h4-7,15,17,19H,3,8-14H2,1-2H3/t15-,17+/m0/s1. The van der Waals surface area contributed by atoms with E-state index in [0.29, 0.717) is 5.75 Å². The van der Waals surface area contributed by atoms with Crippen LogP contribution in [0.1, 0.15) is 19.4 Å². The second-order valence-corrected chi connectivity index (χ2v) is 9.25. The van der Waals surface area contributed by atoms with E-state index in [-0.39, 0.29) is 17.7 Å². The predicted octanol–water partition coefficient (Wildman–Crippen LogP) is 1.35. The SMILES string of the molecule is CCN1CCN(c2ccccc2CN[C@@H]2CS(=O)(=O)C[C@@H]2C)CC1. The largest absolute Gasteiger partial charge is 0.369 e. The van der Waals surface area contributed by atoms with E-state index in [9.17, 15) is 8.42 Å². The number of para-hydroxylation sites is 1. The first-order valence-electron chi connectivity index (χ1n) is 8.97. The summed E-state index contributed by atoms with van der Waals surface area (Å²) in [6.45, 7) is 10.4. The molecule has 24 heavy (non-hydrogen) atoms. The van der Waals surface area contributed by atoms with Crippen LogP contribution in [0.5, 0.6) is 0 Å². The van der Waals surface area contributed by atoms with Gasteiger partial charge in [0.25, 0.3) is 0 Å². The van der Waals surface area contributed by atoms with E-state index in [1.807, 2.05) is 6.92 Å². The zero-order chi connectivity index (χ0) is 17.2. The topological polar surface area (TPSA) is 52.6 Å². The van der Waals surface area contributed by atoms with Crippen LogP contribution in [0.15, 0.2) is 24.3 Å². The van der Waals surface area contributed by atoms with Gasteiger partial charge in [-0.15, -0.1) is 0 Å². The maximum absolute atomic E-state index is 11.8. The Labute approximate surface area is 145 Å². The van der Waals surface area contributed by atoms with Crippen LogP contribution in [-0.2, 0) is 16.4 Å². The molecule has 2 aliphatic heterocycles. The van der Waals surface area contributed by atoms with Gasteiger partial charge in [-0.3, -0.25) is 0 Å². The van der Waals surface area contributed by atoms with Crippen molar-refractivity contribution >= 4 is 15.5 Å². The Morgan fingerprint density at radius 1 is 1.12 bits per heavy atom. The molecule has 0 unspecified atom stereocenters. The maximum Gasteiger partial charge on any atom is 0.152 e. The van der Waals surface area contributed by atoms with Crippen molar-refractivity contribution in [3.8, 4) is 0 Å². The normalized spacial score (nSPS) is 27.5. The number of likely N-dealkylation sites (N-methyl/N-ethyl adjacent to an activating group) is 1. The van der Waals surface area contributed by atoms with E-state index < -0.39 is 9.84 Å². The van der Waals surface area contributed by atoms with Crippen LogP contribution in [0.2, 0.25) is 0 Å². The minimum Gasteiger partial charge on any atom is -0.369 e. The fourth-order valence-electron chi connectivity index (χ4n) is 3.80. The fraction of sp³-hybridized carbons (Fsp3) is 0.667. The van der Waals surface area contributed by atoms with Crippen LogP contribution in [0.25, 0.3) is 0 Å². The molecule has 1 N–H and O–H groups in total. The van der Waals surface area contributed by atoms with E-state index in [1.165, 1.54) is 11.3 Å². The van der Waals surface area contributed by atoms with Gasteiger partial charge in [0.2, 0.25) is 0 Å². The Morgan fingerprint density at radius 2 is 1.83 bits per heavy atom. The molecule has 0 amide bonds. The molecule has 0 radical (unpaired) electrons. The van der Waals surface area contributed by atoms with Crippen LogP contribution in [-0.4, -0.2) is 63.6 Å². The van der Waals surface area contributed by atoms with E-state index in [2.05, 4.69) is 46.3 Å². The second-order valence-electron chi connectivity index (χ2n) is 7.09. The molecular weight excluding hydrogens is 322 g/mol. The van der Waals surface area contributed by atoms with Crippen LogP contribution in [0, 0.1) is 5.92 Å².